The summed E-state index contributed by atoms with van der Waals surface area (Å²) in [6, 6.07) is 0.609. The molecule has 72 valence electrons. The SMILES string of the molecule is CCN1CCCC[C@@H]1c1cn[nH]c1. The fraction of sp³-hybridized carbons (Fsp3) is 0.700. The van der Waals surface area contributed by atoms with Gasteiger partial charge in [0.15, 0.2) is 0 Å². The van der Waals surface area contributed by atoms with Crippen LogP contribution in [-0.4, -0.2) is 28.2 Å². The number of aromatic nitrogens is 2. The molecule has 1 N–H and O–H groups in total. The third kappa shape index (κ3) is 1.75. The molecule has 1 aromatic heterocycles. The van der Waals surface area contributed by atoms with Crippen molar-refractivity contribution in [2.45, 2.75) is 32.2 Å². The van der Waals surface area contributed by atoms with E-state index in [0.717, 1.165) is 6.54 Å². The maximum Gasteiger partial charge on any atom is 0.0535 e. The molecule has 0 amide bonds. The second-order valence-electron chi connectivity index (χ2n) is 3.67. The molecule has 0 aromatic carbocycles. The number of rotatable bonds is 2. The fourth-order valence-corrected chi connectivity index (χ4v) is 2.19. The summed E-state index contributed by atoms with van der Waals surface area (Å²) in [6.45, 7) is 4.63. The molecule has 2 rings (SSSR count). The van der Waals surface area contributed by atoms with E-state index in [2.05, 4.69) is 22.0 Å². The van der Waals surface area contributed by atoms with Crippen LogP contribution in [-0.2, 0) is 0 Å². The molecule has 3 heteroatoms. The number of nitrogens with one attached hydrogen (secondary N) is 1. The third-order valence-electron chi connectivity index (χ3n) is 2.92. The Morgan fingerprint density at radius 1 is 1.62 bits per heavy atom. The molecule has 1 fully saturated rings. The second kappa shape index (κ2) is 3.92. The highest BCUT2D eigenvalue weighted by atomic mass is 15.2. The monoisotopic (exact) mass is 179 g/mol. The van der Waals surface area contributed by atoms with E-state index in [1.54, 1.807) is 0 Å². The third-order valence-corrected chi connectivity index (χ3v) is 2.92. The summed E-state index contributed by atoms with van der Waals surface area (Å²) in [5.41, 5.74) is 1.35. The van der Waals surface area contributed by atoms with E-state index in [4.69, 9.17) is 0 Å². The molecular formula is C10H17N3. The largest absolute Gasteiger partial charge is 0.296 e. The Balaban J connectivity index is 2.11. The summed E-state index contributed by atoms with van der Waals surface area (Å²) in [6.07, 6.45) is 7.97. The molecule has 1 aliphatic heterocycles. The quantitative estimate of drug-likeness (QED) is 0.752. The topological polar surface area (TPSA) is 31.9 Å². The van der Waals surface area contributed by atoms with Crippen molar-refractivity contribution in [2.75, 3.05) is 13.1 Å². The number of nitrogens with zero attached hydrogens (tertiary/aromatic N) is 2. The van der Waals surface area contributed by atoms with E-state index >= 15 is 0 Å². The van der Waals surface area contributed by atoms with Crippen LogP contribution in [0.1, 0.15) is 37.8 Å². The molecule has 1 saturated heterocycles. The van der Waals surface area contributed by atoms with Crippen LogP contribution >= 0.6 is 0 Å². The highest BCUT2D eigenvalue weighted by Crippen LogP contribution is 2.29. The number of H-pyrrole nitrogens is 1. The van der Waals surface area contributed by atoms with Gasteiger partial charge in [-0.15, -0.1) is 0 Å². The van der Waals surface area contributed by atoms with Crippen LogP contribution in [0.3, 0.4) is 0 Å². The van der Waals surface area contributed by atoms with Gasteiger partial charge in [-0.05, 0) is 25.9 Å². The molecule has 0 saturated carbocycles. The van der Waals surface area contributed by atoms with Gasteiger partial charge in [-0.1, -0.05) is 13.3 Å². The number of piperidine rings is 1. The summed E-state index contributed by atoms with van der Waals surface area (Å²) in [5.74, 6) is 0. The van der Waals surface area contributed by atoms with Gasteiger partial charge < -0.3 is 0 Å². The van der Waals surface area contributed by atoms with Crippen molar-refractivity contribution in [1.29, 1.82) is 0 Å². The van der Waals surface area contributed by atoms with E-state index in [1.807, 2.05) is 12.4 Å². The lowest BCUT2D eigenvalue weighted by Gasteiger charge is -2.34. The standard InChI is InChI=1S/C10H17N3/c1-2-13-6-4-3-5-10(13)9-7-11-12-8-9/h7-8,10H,2-6H2,1H3,(H,11,12)/t10-/m1/s1. The van der Waals surface area contributed by atoms with Crippen LogP contribution in [0.5, 0.6) is 0 Å². The summed E-state index contributed by atoms with van der Waals surface area (Å²) in [4.78, 5) is 2.54. The minimum absolute atomic E-state index is 0.609. The van der Waals surface area contributed by atoms with Crippen molar-refractivity contribution in [3.8, 4) is 0 Å². The van der Waals surface area contributed by atoms with Gasteiger partial charge in [0, 0.05) is 17.8 Å². The lowest BCUT2D eigenvalue weighted by Crippen LogP contribution is -2.32. The number of aromatic amines is 1. The average Bonchev–Trinajstić information content (AvgIpc) is 2.70. The van der Waals surface area contributed by atoms with Gasteiger partial charge in [0.05, 0.1) is 6.20 Å². The van der Waals surface area contributed by atoms with E-state index < -0.39 is 0 Å². The molecule has 0 radical (unpaired) electrons. The highest BCUT2D eigenvalue weighted by molar-refractivity contribution is 5.10. The van der Waals surface area contributed by atoms with Gasteiger partial charge in [0.2, 0.25) is 0 Å². The summed E-state index contributed by atoms with van der Waals surface area (Å²) >= 11 is 0. The normalized spacial score (nSPS) is 24.8. The van der Waals surface area contributed by atoms with Gasteiger partial charge in [-0.25, -0.2) is 0 Å². The van der Waals surface area contributed by atoms with Crippen molar-refractivity contribution in [3.05, 3.63) is 18.0 Å². The Hall–Kier alpha value is -0.830. The zero-order valence-electron chi connectivity index (χ0n) is 8.16. The Labute approximate surface area is 79.1 Å². The molecule has 0 aliphatic carbocycles. The molecule has 0 bridgehead atoms. The molecule has 1 atom stereocenters. The van der Waals surface area contributed by atoms with E-state index in [9.17, 15) is 0 Å². The van der Waals surface area contributed by atoms with E-state index in [0.29, 0.717) is 6.04 Å². The van der Waals surface area contributed by atoms with Crippen molar-refractivity contribution in [3.63, 3.8) is 0 Å². The molecule has 3 nitrogen and oxygen atoms in total. The minimum atomic E-state index is 0.609. The summed E-state index contributed by atoms with van der Waals surface area (Å²) in [5, 5.41) is 6.91. The van der Waals surface area contributed by atoms with Crippen molar-refractivity contribution in [2.24, 2.45) is 0 Å². The highest BCUT2D eigenvalue weighted by Gasteiger charge is 2.22. The molecule has 1 aromatic rings. The lowest BCUT2D eigenvalue weighted by molar-refractivity contribution is 0.157. The maximum atomic E-state index is 4.01. The van der Waals surface area contributed by atoms with Crippen LogP contribution in [0.15, 0.2) is 12.4 Å². The van der Waals surface area contributed by atoms with Gasteiger partial charge in [0.25, 0.3) is 0 Å². The van der Waals surface area contributed by atoms with E-state index in [-0.39, 0.29) is 0 Å². The first-order chi connectivity index (χ1) is 6.42. The first kappa shape index (κ1) is 8.75. The number of hydrogen-bond donors (Lipinski definition) is 1. The van der Waals surface area contributed by atoms with Crippen molar-refractivity contribution >= 4 is 0 Å². The van der Waals surface area contributed by atoms with Crippen LogP contribution in [0, 0.1) is 0 Å². The first-order valence-corrected chi connectivity index (χ1v) is 5.14. The number of hydrogen-bond acceptors (Lipinski definition) is 2. The Bertz CT molecular complexity index is 243. The van der Waals surface area contributed by atoms with Gasteiger partial charge in [-0.2, -0.15) is 5.10 Å². The predicted octanol–water partition coefficient (Wildman–Crippen LogP) is 1.96. The minimum Gasteiger partial charge on any atom is -0.296 e. The average molecular weight is 179 g/mol. The predicted molar refractivity (Wildman–Crippen MR) is 52.4 cm³/mol. The lowest BCUT2D eigenvalue weighted by atomic mass is 9.98. The van der Waals surface area contributed by atoms with Crippen molar-refractivity contribution < 1.29 is 0 Å². The van der Waals surface area contributed by atoms with Gasteiger partial charge in [0.1, 0.15) is 0 Å². The van der Waals surface area contributed by atoms with Crippen LogP contribution in [0.4, 0.5) is 0 Å². The molecule has 0 spiro atoms. The zero-order chi connectivity index (χ0) is 9.10. The molecule has 13 heavy (non-hydrogen) atoms. The summed E-state index contributed by atoms with van der Waals surface area (Å²) in [7, 11) is 0. The molecular weight excluding hydrogens is 162 g/mol. The van der Waals surface area contributed by atoms with E-state index in [1.165, 1.54) is 31.4 Å². The summed E-state index contributed by atoms with van der Waals surface area (Å²) < 4.78 is 0. The molecule has 1 aliphatic rings. The van der Waals surface area contributed by atoms with Crippen LogP contribution in [0.25, 0.3) is 0 Å². The Morgan fingerprint density at radius 3 is 3.23 bits per heavy atom. The van der Waals surface area contributed by atoms with Crippen molar-refractivity contribution in [1.82, 2.24) is 15.1 Å². The fourth-order valence-electron chi connectivity index (χ4n) is 2.19. The smallest absolute Gasteiger partial charge is 0.0535 e. The number of likely N-dealkylation sites (tertiary alicyclic amines) is 1. The zero-order valence-corrected chi connectivity index (χ0v) is 8.16. The van der Waals surface area contributed by atoms with Gasteiger partial charge in [-0.3, -0.25) is 10.00 Å². The molecule has 2 heterocycles. The first-order valence-electron chi connectivity index (χ1n) is 5.14. The van der Waals surface area contributed by atoms with Crippen LogP contribution < -0.4 is 0 Å². The van der Waals surface area contributed by atoms with Crippen LogP contribution in [0.2, 0.25) is 0 Å². The second-order valence-corrected chi connectivity index (χ2v) is 3.67. The van der Waals surface area contributed by atoms with Gasteiger partial charge >= 0.3 is 0 Å². The molecule has 0 unspecified atom stereocenters. The Morgan fingerprint density at radius 2 is 2.54 bits per heavy atom. The maximum absolute atomic E-state index is 4.01. The Kier molecular flexibility index (Phi) is 2.64.